The van der Waals surface area contributed by atoms with Gasteiger partial charge in [0.1, 0.15) is 0 Å². The van der Waals surface area contributed by atoms with Crippen LogP contribution >= 0.6 is 0 Å². The van der Waals surface area contributed by atoms with Crippen molar-refractivity contribution >= 4 is 17.5 Å². The number of rotatable bonds is 3. The van der Waals surface area contributed by atoms with Crippen LogP contribution in [0.15, 0.2) is 24.4 Å². The average molecular weight is 302 g/mol. The van der Waals surface area contributed by atoms with Crippen molar-refractivity contribution in [1.82, 2.24) is 15.1 Å². The molecule has 22 heavy (non-hydrogen) atoms. The molecule has 0 bridgehead atoms. The standard InChI is InChI=1S/C14H14N4O4/c1-15-14(20)12-9(6-18(2)17-12)16-13(19)8-3-4-10-11(5-8)22-7-21-10/h3-6H,7H2,1-2H3,(H,15,20)(H,16,19). The van der Waals surface area contributed by atoms with Crippen LogP contribution in [0.1, 0.15) is 20.8 Å². The Bertz CT molecular complexity index is 753. The minimum absolute atomic E-state index is 0.143. The van der Waals surface area contributed by atoms with Crippen LogP contribution in [0.3, 0.4) is 0 Å². The van der Waals surface area contributed by atoms with Crippen LogP contribution in [0.5, 0.6) is 11.5 Å². The van der Waals surface area contributed by atoms with Gasteiger partial charge in [0.2, 0.25) is 6.79 Å². The van der Waals surface area contributed by atoms with Crippen molar-refractivity contribution in [3.8, 4) is 11.5 Å². The number of hydrogen-bond acceptors (Lipinski definition) is 5. The smallest absolute Gasteiger partial charge is 0.273 e. The zero-order valence-corrected chi connectivity index (χ0v) is 12.0. The largest absolute Gasteiger partial charge is 0.454 e. The number of amides is 2. The van der Waals surface area contributed by atoms with Crippen LogP contribution in [-0.4, -0.2) is 35.4 Å². The van der Waals surface area contributed by atoms with Gasteiger partial charge in [0.15, 0.2) is 17.2 Å². The summed E-state index contributed by atoms with van der Waals surface area (Å²) in [6.45, 7) is 0.143. The molecule has 0 spiro atoms. The fourth-order valence-electron chi connectivity index (χ4n) is 2.10. The molecule has 0 saturated carbocycles. The Kier molecular flexibility index (Phi) is 3.42. The number of hydrogen-bond donors (Lipinski definition) is 2. The van der Waals surface area contributed by atoms with Crippen LogP contribution in [0, 0.1) is 0 Å². The first kappa shape index (κ1) is 13.9. The van der Waals surface area contributed by atoms with Gasteiger partial charge >= 0.3 is 0 Å². The third kappa shape index (κ3) is 2.46. The topological polar surface area (TPSA) is 94.5 Å². The summed E-state index contributed by atoms with van der Waals surface area (Å²) < 4.78 is 11.9. The van der Waals surface area contributed by atoms with Crippen LogP contribution in [0.25, 0.3) is 0 Å². The molecule has 0 radical (unpaired) electrons. The van der Waals surface area contributed by atoms with E-state index in [1.807, 2.05) is 0 Å². The maximum absolute atomic E-state index is 12.3. The number of aromatic nitrogens is 2. The molecule has 1 aliphatic heterocycles. The molecule has 2 N–H and O–H groups in total. The summed E-state index contributed by atoms with van der Waals surface area (Å²) in [6, 6.07) is 4.88. The van der Waals surface area contributed by atoms with E-state index in [1.165, 1.54) is 11.7 Å². The van der Waals surface area contributed by atoms with Crippen molar-refractivity contribution in [3.63, 3.8) is 0 Å². The molecule has 2 heterocycles. The number of anilines is 1. The highest BCUT2D eigenvalue weighted by atomic mass is 16.7. The molecule has 1 aliphatic rings. The second-order valence-corrected chi connectivity index (χ2v) is 4.67. The van der Waals surface area contributed by atoms with Crippen LogP contribution < -0.4 is 20.1 Å². The van der Waals surface area contributed by atoms with Gasteiger partial charge < -0.3 is 20.1 Å². The Morgan fingerprint density at radius 3 is 2.77 bits per heavy atom. The van der Waals surface area contributed by atoms with Crippen molar-refractivity contribution in [2.24, 2.45) is 7.05 Å². The lowest BCUT2D eigenvalue weighted by atomic mass is 10.2. The first-order valence-electron chi connectivity index (χ1n) is 6.55. The monoisotopic (exact) mass is 302 g/mol. The van der Waals surface area contributed by atoms with Gasteiger partial charge in [-0.25, -0.2) is 0 Å². The Morgan fingerprint density at radius 1 is 1.23 bits per heavy atom. The molecular weight excluding hydrogens is 288 g/mol. The van der Waals surface area contributed by atoms with E-state index in [-0.39, 0.29) is 24.3 Å². The minimum Gasteiger partial charge on any atom is -0.454 e. The van der Waals surface area contributed by atoms with Gasteiger partial charge in [-0.3, -0.25) is 14.3 Å². The van der Waals surface area contributed by atoms with Crippen molar-refractivity contribution < 1.29 is 19.1 Å². The molecule has 114 valence electrons. The zero-order chi connectivity index (χ0) is 15.7. The SMILES string of the molecule is CNC(=O)c1nn(C)cc1NC(=O)c1ccc2c(c1)OCO2. The third-order valence-electron chi connectivity index (χ3n) is 3.15. The van der Waals surface area contributed by atoms with Crippen LogP contribution in [0.4, 0.5) is 5.69 Å². The van der Waals surface area contributed by atoms with E-state index in [0.717, 1.165) is 0 Å². The van der Waals surface area contributed by atoms with E-state index in [2.05, 4.69) is 15.7 Å². The highest BCUT2D eigenvalue weighted by Crippen LogP contribution is 2.32. The average Bonchev–Trinajstić information content (AvgIpc) is 3.11. The number of aryl methyl sites for hydroxylation is 1. The first-order valence-corrected chi connectivity index (χ1v) is 6.55. The molecule has 3 rings (SSSR count). The minimum atomic E-state index is -0.374. The molecule has 1 aromatic heterocycles. The van der Waals surface area contributed by atoms with E-state index in [9.17, 15) is 9.59 Å². The molecule has 0 aliphatic carbocycles. The summed E-state index contributed by atoms with van der Waals surface area (Å²) in [5.74, 6) is 0.382. The molecule has 0 unspecified atom stereocenters. The predicted molar refractivity (Wildman–Crippen MR) is 77.1 cm³/mol. The summed E-state index contributed by atoms with van der Waals surface area (Å²) >= 11 is 0. The fraction of sp³-hybridized carbons (Fsp3) is 0.214. The van der Waals surface area contributed by atoms with Gasteiger partial charge in [-0.15, -0.1) is 0 Å². The highest BCUT2D eigenvalue weighted by molar-refractivity contribution is 6.08. The second kappa shape index (κ2) is 5.40. The predicted octanol–water partition coefficient (Wildman–Crippen LogP) is 0.761. The number of ether oxygens (including phenoxy) is 2. The number of nitrogens with zero attached hydrogens (tertiary/aromatic N) is 2. The molecule has 1 aromatic carbocycles. The summed E-state index contributed by atoms with van der Waals surface area (Å²) in [7, 11) is 3.17. The van der Waals surface area contributed by atoms with Crippen LogP contribution in [-0.2, 0) is 7.05 Å². The van der Waals surface area contributed by atoms with Crippen molar-refractivity contribution in [2.75, 3.05) is 19.2 Å². The molecule has 0 atom stereocenters. The molecule has 0 fully saturated rings. The van der Waals surface area contributed by atoms with Crippen LogP contribution in [0.2, 0.25) is 0 Å². The van der Waals surface area contributed by atoms with Gasteiger partial charge in [0.25, 0.3) is 11.8 Å². The van der Waals surface area contributed by atoms with Crippen molar-refractivity contribution in [1.29, 1.82) is 0 Å². The Balaban J connectivity index is 1.84. The van der Waals surface area contributed by atoms with E-state index in [4.69, 9.17) is 9.47 Å². The number of carbonyl (C=O) groups excluding carboxylic acids is 2. The first-order chi connectivity index (χ1) is 10.6. The second-order valence-electron chi connectivity index (χ2n) is 4.67. The number of nitrogens with one attached hydrogen (secondary N) is 2. The third-order valence-corrected chi connectivity index (χ3v) is 3.15. The molecule has 8 nitrogen and oxygen atoms in total. The van der Waals surface area contributed by atoms with Gasteiger partial charge in [-0.1, -0.05) is 0 Å². The highest BCUT2D eigenvalue weighted by Gasteiger charge is 2.20. The van der Waals surface area contributed by atoms with Gasteiger partial charge in [-0.2, -0.15) is 5.10 Å². The Labute approximate surface area is 126 Å². The maximum Gasteiger partial charge on any atom is 0.273 e. The quantitative estimate of drug-likeness (QED) is 0.873. The van der Waals surface area contributed by atoms with E-state index >= 15 is 0 Å². The van der Waals surface area contributed by atoms with E-state index in [1.54, 1.807) is 31.4 Å². The van der Waals surface area contributed by atoms with Gasteiger partial charge in [-0.05, 0) is 18.2 Å². The number of fused-ring (bicyclic) bond motifs is 1. The Hall–Kier alpha value is -3.03. The lowest BCUT2D eigenvalue weighted by Crippen LogP contribution is -2.21. The summed E-state index contributed by atoms with van der Waals surface area (Å²) in [4.78, 5) is 24.1. The van der Waals surface area contributed by atoms with Gasteiger partial charge in [0, 0.05) is 25.9 Å². The number of benzene rings is 1. The Morgan fingerprint density at radius 2 is 2.00 bits per heavy atom. The van der Waals surface area contributed by atoms with E-state index < -0.39 is 0 Å². The van der Waals surface area contributed by atoms with Gasteiger partial charge in [0.05, 0.1) is 5.69 Å². The summed E-state index contributed by atoms with van der Waals surface area (Å²) in [5, 5.41) is 9.19. The summed E-state index contributed by atoms with van der Waals surface area (Å²) in [5.41, 5.74) is 0.888. The summed E-state index contributed by atoms with van der Waals surface area (Å²) in [6.07, 6.45) is 1.56. The normalized spacial score (nSPS) is 12.1. The molecule has 8 heteroatoms. The van der Waals surface area contributed by atoms with Crippen molar-refractivity contribution in [3.05, 3.63) is 35.7 Å². The lowest BCUT2D eigenvalue weighted by molar-refractivity contribution is 0.0958. The van der Waals surface area contributed by atoms with Crippen molar-refractivity contribution in [2.45, 2.75) is 0 Å². The van der Waals surface area contributed by atoms with E-state index in [0.29, 0.717) is 22.7 Å². The number of carbonyl (C=O) groups is 2. The zero-order valence-electron chi connectivity index (χ0n) is 12.0. The molecule has 2 aromatic rings. The fourth-order valence-corrected chi connectivity index (χ4v) is 2.10. The lowest BCUT2D eigenvalue weighted by Gasteiger charge is -2.05. The maximum atomic E-state index is 12.3. The molecule has 2 amide bonds. The molecular formula is C14H14N4O4. The molecule has 0 saturated heterocycles.